The maximum absolute atomic E-state index is 12.6. The molecule has 3 N–H and O–H groups in total. The second kappa shape index (κ2) is 8.78. The van der Waals surface area contributed by atoms with Gasteiger partial charge in [-0.15, -0.1) is 0 Å². The Morgan fingerprint density at radius 2 is 1.90 bits per heavy atom. The molecule has 0 bridgehead atoms. The van der Waals surface area contributed by atoms with Gasteiger partial charge < -0.3 is 20.5 Å². The summed E-state index contributed by atoms with van der Waals surface area (Å²) in [6.07, 6.45) is -0.713. The Morgan fingerprint density at radius 1 is 1.24 bits per heavy atom. The van der Waals surface area contributed by atoms with Crippen molar-refractivity contribution in [2.24, 2.45) is 16.6 Å². The second-order valence-electron chi connectivity index (χ2n) is 7.44. The summed E-state index contributed by atoms with van der Waals surface area (Å²) in [6, 6.07) is 0. The van der Waals surface area contributed by atoms with Crippen LogP contribution in [0.5, 0.6) is 0 Å². The monoisotopic (exact) mass is 436 g/mol. The molecular weight excluding hydrogens is 411 g/mol. The molecule has 2 atom stereocenters. The largest absolute Gasteiger partial charge is 0.478 e. The molecule has 0 spiro atoms. The predicted molar refractivity (Wildman–Crippen MR) is 94.8 cm³/mol. The number of hydrogen-bond donors (Lipinski definition) is 2. The first-order valence-corrected chi connectivity index (χ1v) is 10.3. The number of phosphoric ester groups is 1. The molecule has 1 saturated heterocycles. The molecule has 0 radical (unpaired) electrons. The smallest absolute Gasteiger partial charge is 0.469 e. The molecule has 0 aromatic carbocycles. The molecule has 1 aliphatic carbocycles. The van der Waals surface area contributed by atoms with Crippen molar-refractivity contribution in [1.29, 1.82) is 0 Å². The van der Waals surface area contributed by atoms with Crippen molar-refractivity contribution >= 4 is 31.6 Å². The fraction of sp³-hybridized carbons (Fsp3) is 0.750. The Kier molecular flexibility index (Phi) is 7.05. The Balaban J connectivity index is 1.90. The highest BCUT2D eigenvalue weighted by Crippen LogP contribution is 2.57. The summed E-state index contributed by atoms with van der Waals surface area (Å²) in [5.41, 5.74) is 2.95. The molecule has 13 heteroatoms. The van der Waals surface area contributed by atoms with Gasteiger partial charge in [-0.2, -0.15) is 0 Å². The highest BCUT2D eigenvalue weighted by Gasteiger charge is 2.57. The van der Waals surface area contributed by atoms with Crippen molar-refractivity contribution in [2.75, 3.05) is 27.1 Å². The molecule has 2 amide bonds. The van der Waals surface area contributed by atoms with Gasteiger partial charge in [0.2, 0.25) is 18.6 Å². The average molecular weight is 436 g/mol. The van der Waals surface area contributed by atoms with Crippen LogP contribution in [0.4, 0.5) is 0 Å². The molecular formula is C16H25N2O10P. The third kappa shape index (κ3) is 5.53. The second-order valence-corrected chi connectivity index (χ2v) is 9.06. The molecule has 2 fully saturated rings. The molecule has 0 aromatic heterocycles. The lowest BCUT2D eigenvalue weighted by Gasteiger charge is -2.39. The van der Waals surface area contributed by atoms with Gasteiger partial charge in [0.05, 0.1) is 20.1 Å². The Hall–Kier alpha value is -2.01. The van der Waals surface area contributed by atoms with E-state index in [1.54, 1.807) is 13.8 Å². The number of esters is 2. The number of carbonyl (C=O) groups excluding carboxylic acids is 4. The van der Waals surface area contributed by atoms with Crippen LogP contribution in [0.3, 0.4) is 0 Å². The van der Waals surface area contributed by atoms with E-state index in [4.69, 9.17) is 24.0 Å². The van der Waals surface area contributed by atoms with Crippen molar-refractivity contribution in [3.8, 4) is 0 Å². The summed E-state index contributed by atoms with van der Waals surface area (Å²) in [4.78, 5) is 46.7. The number of carbonyl (C=O) groups is 4. The zero-order chi connectivity index (χ0) is 21.9. The number of methoxy groups -OCH3 is 1. The van der Waals surface area contributed by atoms with Gasteiger partial charge in [-0.3, -0.25) is 28.2 Å². The standard InChI is InChI=1S/C16H25N2O10P/c1-15(2)8-26-29(23,27-9-25-14(22)16(5-6-16)13(17)21)28-11(15)12(20)18-7-4-10(19)24-3/h11H,4-9H2,1-3H3,(H2,17,21)(H,18,20)/t11-,29?/m0/s1. The number of ether oxygens (including phenoxy) is 2. The van der Waals surface area contributed by atoms with E-state index < -0.39 is 55.3 Å². The molecule has 164 valence electrons. The van der Waals surface area contributed by atoms with Gasteiger partial charge in [-0.1, -0.05) is 13.8 Å². The molecule has 1 heterocycles. The molecule has 12 nitrogen and oxygen atoms in total. The topological polar surface area (TPSA) is 170 Å². The fourth-order valence-corrected chi connectivity index (χ4v) is 4.04. The molecule has 2 rings (SSSR count). The van der Waals surface area contributed by atoms with Crippen LogP contribution in [-0.2, 0) is 46.8 Å². The number of nitrogens with one attached hydrogen (secondary N) is 1. The zero-order valence-corrected chi connectivity index (χ0v) is 17.3. The number of hydrogen-bond acceptors (Lipinski definition) is 10. The van der Waals surface area contributed by atoms with Crippen LogP contribution in [0.2, 0.25) is 0 Å². The Bertz CT molecular complexity index is 733. The van der Waals surface area contributed by atoms with Crippen molar-refractivity contribution in [3.63, 3.8) is 0 Å². The maximum Gasteiger partial charge on any atom is 0.478 e. The van der Waals surface area contributed by atoms with Gasteiger partial charge in [0.1, 0.15) is 5.41 Å². The summed E-state index contributed by atoms with van der Waals surface area (Å²) in [5.74, 6) is -2.80. The van der Waals surface area contributed by atoms with Crippen LogP contribution >= 0.6 is 7.82 Å². The lowest BCUT2D eigenvalue weighted by molar-refractivity contribution is -0.163. The maximum atomic E-state index is 12.6. The van der Waals surface area contributed by atoms with E-state index in [1.165, 1.54) is 7.11 Å². The molecule has 1 aliphatic heterocycles. The SMILES string of the molecule is COC(=O)CCNC(=O)[C@@H]1OP(=O)(OCOC(=O)C2(C(N)=O)CC2)OCC1(C)C. The van der Waals surface area contributed by atoms with Crippen LogP contribution in [0, 0.1) is 10.8 Å². The summed E-state index contributed by atoms with van der Waals surface area (Å²) >= 11 is 0. The lowest BCUT2D eigenvalue weighted by atomic mass is 9.87. The Morgan fingerprint density at radius 3 is 2.45 bits per heavy atom. The summed E-state index contributed by atoms with van der Waals surface area (Å²) < 4.78 is 37.3. The van der Waals surface area contributed by atoms with E-state index >= 15 is 0 Å². The van der Waals surface area contributed by atoms with Crippen LogP contribution < -0.4 is 11.1 Å². The summed E-state index contributed by atoms with van der Waals surface area (Å²) in [5, 5.41) is 2.49. The first kappa shape index (κ1) is 23.3. The van der Waals surface area contributed by atoms with Gasteiger partial charge in [-0.05, 0) is 12.8 Å². The molecule has 1 unspecified atom stereocenters. The van der Waals surface area contributed by atoms with Crippen molar-refractivity contribution in [3.05, 3.63) is 0 Å². The van der Waals surface area contributed by atoms with Crippen LogP contribution in [0.15, 0.2) is 0 Å². The van der Waals surface area contributed by atoms with E-state index in [1.807, 2.05) is 0 Å². The minimum absolute atomic E-state index is 0.000273. The van der Waals surface area contributed by atoms with Crippen LogP contribution in [0.1, 0.15) is 33.1 Å². The van der Waals surface area contributed by atoms with Crippen molar-refractivity contribution in [2.45, 2.75) is 39.2 Å². The third-order valence-corrected chi connectivity index (χ3v) is 5.98. The van der Waals surface area contributed by atoms with E-state index in [0.717, 1.165) is 0 Å². The summed E-state index contributed by atoms with van der Waals surface area (Å²) in [7, 11) is -2.99. The first-order valence-electron chi connectivity index (χ1n) is 8.85. The summed E-state index contributed by atoms with van der Waals surface area (Å²) in [6.45, 7) is 2.37. The van der Waals surface area contributed by atoms with Gasteiger partial charge in [0.15, 0.2) is 6.10 Å². The highest BCUT2D eigenvalue weighted by molar-refractivity contribution is 7.48. The van der Waals surface area contributed by atoms with Crippen LogP contribution in [-0.4, -0.2) is 56.9 Å². The highest BCUT2D eigenvalue weighted by atomic mass is 31.2. The van der Waals surface area contributed by atoms with E-state index in [9.17, 15) is 23.7 Å². The van der Waals surface area contributed by atoms with Gasteiger partial charge in [0, 0.05) is 12.0 Å². The number of amides is 2. The lowest BCUT2D eigenvalue weighted by Crippen LogP contribution is -2.50. The molecule has 29 heavy (non-hydrogen) atoms. The minimum Gasteiger partial charge on any atom is -0.469 e. The van der Waals surface area contributed by atoms with E-state index in [0.29, 0.717) is 0 Å². The van der Waals surface area contributed by atoms with Gasteiger partial charge >= 0.3 is 19.8 Å². The quantitative estimate of drug-likeness (QED) is 0.217. The number of primary amides is 1. The normalized spacial score (nSPS) is 26.8. The number of rotatable bonds is 9. The average Bonchev–Trinajstić information content (AvgIpc) is 3.46. The van der Waals surface area contributed by atoms with Crippen LogP contribution in [0.25, 0.3) is 0 Å². The third-order valence-electron chi connectivity index (χ3n) is 4.65. The fourth-order valence-electron chi connectivity index (χ4n) is 2.53. The number of phosphoric acid groups is 1. The first-order chi connectivity index (χ1) is 13.5. The minimum atomic E-state index is -4.22. The van der Waals surface area contributed by atoms with E-state index in [2.05, 4.69) is 10.1 Å². The molecule has 2 aliphatic rings. The Labute approximate surface area is 167 Å². The predicted octanol–water partition coefficient (Wildman–Crippen LogP) is -0.00180. The molecule has 1 saturated carbocycles. The number of nitrogens with two attached hydrogens (primary N) is 1. The van der Waals surface area contributed by atoms with E-state index in [-0.39, 0.29) is 32.4 Å². The molecule has 0 aromatic rings. The van der Waals surface area contributed by atoms with Crippen molar-refractivity contribution in [1.82, 2.24) is 5.32 Å². The zero-order valence-electron chi connectivity index (χ0n) is 16.4. The van der Waals surface area contributed by atoms with Crippen molar-refractivity contribution < 1.29 is 46.8 Å². The van der Waals surface area contributed by atoms with Gasteiger partial charge in [-0.25, -0.2) is 9.09 Å². The van der Waals surface area contributed by atoms with Gasteiger partial charge in [0.25, 0.3) is 0 Å².